The Labute approximate surface area is 158 Å². The highest BCUT2D eigenvalue weighted by atomic mass is 32.2. The van der Waals surface area contributed by atoms with Crippen molar-refractivity contribution >= 4 is 17.5 Å². The lowest BCUT2D eigenvalue weighted by Gasteiger charge is -2.60. The van der Waals surface area contributed by atoms with Gasteiger partial charge < -0.3 is 0 Å². The molecule has 1 nitrogen and oxygen atoms in total. The smallest absolute Gasteiger partial charge is 0.155 e. The summed E-state index contributed by atoms with van der Waals surface area (Å²) < 4.78 is 0. The zero-order valence-electron chi connectivity index (χ0n) is 16.4. The van der Waals surface area contributed by atoms with Crippen molar-refractivity contribution in [1.29, 1.82) is 0 Å². The second-order valence-electron chi connectivity index (χ2n) is 9.69. The Morgan fingerprint density at radius 2 is 2.00 bits per heavy atom. The van der Waals surface area contributed by atoms with Gasteiger partial charge in [-0.05, 0) is 85.4 Å². The lowest BCUT2D eigenvalue weighted by atomic mass is 9.46. The quantitative estimate of drug-likeness (QED) is 0.559. The summed E-state index contributed by atoms with van der Waals surface area (Å²) in [6.07, 6.45) is 12.5. The molecule has 3 saturated carbocycles. The number of rotatable bonds is 2. The van der Waals surface area contributed by atoms with Gasteiger partial charge in [-0.25, -0.2) is 0 Å². The number of allylic oxidation sites excluding steroid dienone is 2. The number of ketones is 1. The summed E-state index contributed by atoms with van der Waals surface area (Å²) in [5, 5.41) is 0.684. The van der Waals surface area contributed by atoms with Gasteiger partial charge in [0.25, 0.3) is 0 Å². The molecule has 0 amide bonds. The van der Waals surface area contributed by atoms with Crippen LogP contribution in [0.15, 0.2) is 23.8 Å². The minimum absolute atomic E-state index is 0.276. The van der Waals surface area contributed by atoms with Crippen molar-refractivity contribution in [2.75, 3.05) is 6.26 Å². The molecule has 4 aliphatic carbocycles. The van der Waals surface area contributed by atoms with Gasteiger partial charge in [-0.3, -0.25) is 4.79 Å². The van der Waals surface area contributed by atoms with E-state index < -0.39 is 0 Å². The third-order valence-electron chi connectivity index (χ3n) is 8.88. The van der Waals surface area contributed by atoms with E-state index in [1.54, 1.807) is 0 Å². The van der Waals surface area contributed by atoms with E-state index in [0.29, 0.717) is 16.4 Å². The Morgan fingerprint density at radius 1 is 1.24 bits per heavy atom. The topological polar surface area (TPSA) is 17.1 Å². The third-order valence-corrected chi connectivity index (χ3v) is 9.97. The van der Waals surface area contributed by atoms with Gasteiger partial charge in [0.1, 0.15) is 0 Å². The van der Waals surface area contributed by atoms with E-state index in [-0.39, 0.29) is 5.41 Å². The van der Waals surface area contributed by atoms with E-state index in [2.05, 4.69) is 45.4 Å². The van der Waals surface area contributed by atoms with Crippen molar-refractivity contribution in [2.24, 2.45) is 34.5 Å². The van der Waals surface area contributed by atoms with Crippen LogP contribution in [0.4, 0.5) is 0 Å². The maximum Gasteiger partial charge on any atom is 0.155 e. The van der Waals surface area contributed by atoms with E-state index in [1.165, 1.54) is 36.8 Å². The Kier molecular flexibility index (Phi) is 4.30. The molecule has 0 aromatic carbocycles. The van der Waals surface area contributed by atoms with Gasteiger partial charge in [0, 0.05) is 11.7 Å². The van der Waals surface area contributed by atoms with Crippen molar-refractivity contribution in [3.63, 3.8) is 0 Å². The average molecular weight is 359 g/mol. The lowest BCUT2D eigenvalue weighted by molar-refractivity contribution is -0.117. The van der Waals surface area contributed by atoms with Crippen LogP contribution >= 0.6 is 11.8 Å². The highest BCUT2D eigenvalue weighted by Crippen LogP contribution is 2.68. The van der Waals surface area contributed by atoms with Crippen LogP contribution in [0.2, 0.25) is 0 Å². The summed E-state index contributed by atoms with van der Waals surface area (Å²) in [6, 6.07) is 0. The number of hydrogen-bond donors (Lipinski definition) is 0. The highest BCUT2D eigenvalue weighted by molar-refractivity contribution is 7.99. The third kappa shape index (κ3) is 2.38. The molecule has 0 heterocycles. The zero-order chi connectivity index (χ0) is 18.0. The first-order valence-corrected chi connectivity index (χ1v) is 11.6. The minimum Gasteiger partial charge on any atom is -0.295 e. The van der Waals surface area contributed by atoms with Crippen LogP contribution in [0, 0.1) is 34.5 Å². The number of hydrogen-bond acceptors (Lipinski definition) is 2. The van der Waals surface area contributed by atoms with E-state index in [9.17, 15) is 4.79 Å². The predicted octanol–water partition coefficient (Wildman–Crippen LogP) is 6.05. The molecule has 0 radical (unpaired) electrons. The second kappa shape index (κ2) is 6.01. The van der Waals surface area contributed by atoms with Crippen molar-refractivity contribution in [1.82, 2.24) is 0 Å². The Morgan fingerprint density at radius 3 is 2.68 bits per heavy atom. The maximum absolute atomic E-state index is 12.1. The number of thioether (sulfide) groups is 1. The van der Waals surface area contributed by atoms with Crippen LogP contribution in [0.1, 0.15) is 65.7 Å². The van der Waals surface area contributed by atoms with Gasteiger partial charge in [0.05, 0.1) is 0 Å². The number of carbonyl (C=O) groups is 1. The molecule has 0 aromatic rings. The second-order valence-corrected chi connectivity index (χ2v) is 10.8. The molecule has 0 unspecified atom stereocenters. The maximum atomic E-state index is 12.1. The zero-order valence-corrected chi connectivity index (χ0v) is 17.3. The number of fused-ring (bicyclic) bond motifs is 5. The molecule has 25 heavy (non-hydrogen) atoms. The molecule has 7 atom stereocenters. The SMILES string of the molecule is C=C1C[C@H]2[C@@H]3[C@H](SC)CC4=CC(=O)CC[C@]4(C)[C@H]3CC[C@]2(C)[C@@H]1CC. The molecule has 0 bridgehead atoms. The standard InChI is InChI=1S/C23H34OS/c1-6-17-14(2)11-19-21-18(8-10-23(17,19)4)22(3)9-7-16(24)12-15(22)13-20(21)25-5/h12,17-21H,2,6-11,13H2,1,3-5H3/t17-,18+,19+,20-,21-,22+,23-/m1/s1. The largest absolute Gasteiger partial charge is 0.295 e. The number of carbonyl (C=O) groups excluding carboxylic acids is 1. The normalized spacial score (nSPS) is 49.3. The average Bonchev–Trinajstić information content (AvgIpc) is 2.84. The van der Waals surface area contributed by atoms with Crippen LogP contribution in [-0.2, 0) is 4.79 Å². The molecule has 3 fully saturated rings. The molecule has 0 N–H and O–H groups in total. The van der Waals surface area contributed by atoms with Crippen LogP contribution in [-0.4, -0.2) is 17.3 Å². The van der Waals surface area contributed by atoms with E-state index in [4.69, 9.17) is 0 Å². The molecule has 4 rings (SSSR count). The first-order chi connectivity index (χ1) is 11.8. The van der Waals surface area contributed by atoms with Crippen LogP contribution in [0.3, 0.4) is 0 Å². The fraction of sp³-hybridized carbons (Fsp3) is 0.783. The Balaban J connectivity index is 1.76. The predicted molar refractivity (Wildman–Crippen MR) is 108 cm³/mol. The van der Waals surface area contributed by atoms with Crippen molar-refractivity contribution in [3.05, 3.63) is 23.8 Å². The van der Waals surface area contributed by atoms with Gasteiger partial charge in [-0.2, -0.15) is 11.8 Å². The fourth-order valence-electron chi connectivity index (χ4n) is 7.56. The van der Waals surface area contributed by atoms with E-state index >= 15 is 0 Å². The van der Waals surface area contributed by atoms with Crippen molar-refractivity contribution < 1.29 is 4.79 Å². The fourth-order valence-corrected chi connectivity index (χ4v) is 8.60. The van der Waals surface area contributed by atoms with Crippen LogP contribution < -0.4 is 0 Å². The highest BCUT2D eigenvalue weighted by Gasteiger charge is 2.61. The summed E-state index contributed by atoms with van der Waals surface area (Å²) in [5.74, 6) is 3.46. The van der Waals surface area contributed by atoms with Gasteiger partial charge >= 0.3 is 0 Å². The summed E-state index contributed by atoms with van der Waals surface area (Å²) >= 11 is 2.06. The molecule has 2 heteroatoms. The van der Waals surface area contributed by atoms with Crippen LogP contribution in [0.5, 0.6) is 0 Å². The molecular formula is C23H34OS. The van der Waals surface area contributed by atoms with E-state index in [0.717, 1.165) is 42.9 Å². The molecule has 0 saturated heterocycles. The van der Waals surface area contributed by atoms with Gasteiger partial charge in [0.15, 0.2) is 5.78 Å². The minimum atomic E-state index is 0.276. The summed E-state index contributed by atoms with van der Waals surface area (Å²) in [5.41, 5.74) is 3.75. The first kappa shape index (κ1) is 17.9. The Hall–Kier alpha value is -0.500. The molecule has 0 aliphatic heterocycles. The van der Waals surface area contributed by atoms with Crippen LogP contribution in [0.25, 0.3) is 0 Å². The van der Waals surface area contributed by atoms with Gasteiger partial charge in [-0.15, -0.1) is 0 Å². The summed E-state index contributed by atoms with van der Waals surface area (Å²) in [7, 11) is 0. The van der Waals surface area contributed by atoms with E-state index in [1.807, 2.05) is 6.08 Å². The summed E-state index contributed by atoms with van der Waals surface area (Å²) in [6.45, 7) is 11.9. The lowest BCUT2D eigenvalue weighted by Crippen LogP contribution is -2.54. The Bertz CT molecular complexity index is 634. The molecule has 0 spiro atoms. The monoisotopic (exact) mass is 358 g/mol. The molecule has 4 aliphatic rings. The van der Waals surface area contributed by atoms with Crippen molar-refractivity contribution in [3.8, 4) is 0 Å². The molecule has 0 aromatic heterocycles. The first-order valence-electron chi connectivity index (χ1n) is 10.3. The molecule has 138 valence electrons. The summed E-state index contributed by atoms with van der Waals surface area (Å²) in [4.78, 5) is 12.1. The van der Waals surface area contributed by atoms with Gasteiger partial charge in [0.2, 0.25) is 0 Å². The van der Waals surface area contributed by atoms with Crippen molar-refractivity contribution in [2.45, 2.75) is 71.0 Å². The van der Waals surface area contributed by atoms with Gasteiger partial charge in [-0.1, -0.05) is 38.5 Å². The molecular weight excluding hydrogens is 324 g/mol.